The van der Waals surface area contributed by atoms with Crippen molar-refractivity contribution in [3.8, 4) is 0 Å². The molecule has 1 saturated heterocycles. The van der Waals surface area contributed by atoms with Crippen LogP contribution in [0.1, 0.15) is 52.7 Å². The molecule has 1 unspecified atom stereocenters. The molecule has 1 atom stereocenters. The van der Waals surface area contributed by atoms with Gasteiger partial charge in [-0.25, -0.2) is 9.38 Å². The zero-order valence-corrected chi connectivity index (χ0v) is 23.6. The minimum Gasteiger partial charge on any atom is -0.369 e. The van der Waals surface area contributed by atoms with Gasteiger partial charge in [0.2, 0.25) is 5.84 Å². The third kappa shape index (κ3) is 6.35. The molecule has 45 heavy (non-hydrogen) atoms. The number of amidine groups is 2. The van der Waals surface area contributed by atoms with Crippen LogP contribution in [0.5, 0.6) is 0 Å². The molecule has 0 spiro atoms. The molecule has 0 bridgehead atoms. The van der Waals surface area contributed by atoms with Gasteiger partial charge in [-0.05, 0) is 54.2 Å². The number of hydrogen-bond acceptors (Lipinski definition) is 6. The Hall–Kier alpha value is -4.50. The minimum atomic E-state index is -5.06. The number of nitrogens with two attached hydrogens (primary N) is 1. The third-order valence-electron chi connectivity index (χ3n) is 8.14. The Bertz CT molecular complexity index is 1590. The maximum Gasteiger partial charge on any atom is 0.449 e. The largest absolute Gasteiger partial charge is 0.449 e. The second-order valence-corrected chi connectivity index (χ2v) is 11.3. The summed E-state index contributed by atoms with van der Waals surface area (Å²) in [7, 11) is 0. The third-order valence-corrected chi connectivity index (χ3v) is 8.14. The average Bonchev–Trinajstić information content (AvgIpc) is 3.77. The van der Waals surface area contributed by atoms with Crippen molar-refractivity contribution >= 4 is 29.4 Å². The number of amides is 2. The molecule has 2 aromatic carbocycles. The van der Waals surface area contributed by atoms with E-state index < -0.39 is 78.0 Å². The maximum absolute atomic E-state index is 14.2. The van der Waals surface area contributed by atoms with Crippen LogP contribution in [0.25, 0.3) is 0 Å². The number of nitrogens with zero attached hydrogens (tertiary/aromatic N) is 4. The van der Waals surface area contributed by atoms with E-state index in [9.17, 15) is 40.3 Å². The highest BCUT2D eigenvalue weighted by atomic mass is 19.4. The first-order valence-corrected chi connectivity index (χ1v) is 13.9. The molecule has 16 heteroatoms. The number of alkyl halides is 6. The van der Waals surface area contributed by atoms with Gasteiger partial charge in [-0.15, -0.1) is 0 Å². The Balaban J connectivity index is 1.42. The molecule has 0 aromatic heterocycles. The van der Waals surface area contributed by atoms with Crippen LogP contribution in [-0.4, -0.2) is 70.0 Å². The van der Waals surface area contributed by atoms with Gasteiger partial charge in [-0.2, -0.15) is 26.3 Å². The predicted octanol–water partition coefficient (Wildman–Crippen LogP) is 4.86. The van der Waals surface area contributed by atoms with Crippen molar-refractivity contribution in [2.45, 2.75) is 50.1 Å². The number of rotatable bonds is 7. The summed E-state index contributed by atoms with van der Waals surface area (Å²) in [5.74, 6) is -4.83. The fourth-order valence-corrected chi connectivity index (χ4v) is 5.59. The van der Waals surface area contributed by atoms with Gasteiger partial charge < -0.3 is 15.5 Å². The van der Waals surface area contributed by atoms with Crippen LogP contribution in [0.2, 0.25) is 0 Å². The van der Waals surface area contributed by atoms with E-state index in [4.69, 9.17) is 16.6 Å². The summed E-state index contributed by atoms with van der Waals surface area (Å²) in [4.78, 5) is 33.9. The highest BCUT2D eigenvalue weighted by Crippen LogP contribution is 2.43. The van der Waals surface area contributed by atoms with E-state index in [0.717, 1.165) is 34.8 Å². The average molecular weight is 640 g/mol. The molecule has 5 rings (SSSR count). The molecule has 9 nitrogen and oxygen atoms in total. The summed E-state index contributed by atoms with van der Waals surface area (Å²) in [6, 6.07) is 8.03. The van der Waals surface area contributed by atoms with Crippen LogP contribution in [0, 0.1) is 22.6 Å². The van der Waals surface area contributed by atoms with E-state index in [1.165, 1.54) is 18.2 Å². The second kappa shape index (κ2) is 11.5. The van der Waals surface area contributed by atoms with E-state index in [2.05, 4.69) is 4.99 Å². The van der Waals surface area contributed by atoms with Gasteiger partial charge in [-0.3, -0.25) is 25.3 Å². The molecular weight excluding hydrogens is 611 g/mol. The highest BCUT2D eigenvalue weighted by molar-refractivity contribution is 6.07. The number of guanidine groups is 1. The molecule has 4 N–H and O–H groups in total. The summed E-state index contributed by atoms with van der Waals surface area (Å²) >= 11 is 0. The number of benzene rings is 2. The van der Waals surface area contributed by atoms with Crippen molar-refractivity contribution in [3.05, 3.63) is 70.5 Å². The number of nitrogens with one attached hydrogen (secondary N) is 2. The molecule has 1 aliphatic carbocycles. The lowest BCUT2D eigenvalue weighted by Crippen LogP contribution is -2.56. The summed E-state index contributed by atoms with van der Waals surface area (Å²) in [5.41, 5.74) is 2.83. The Morgan fingerprint density at radius 2 is 1.78 bits per heavy atom. The fourth-order valence-electron chi connectivity index (χ4n) is 5.59. The van der Waals surface area contributed by atoms with Gasteiger partial charge in [0, 0.05) is 13.1 Å². The minimum absolute atomic E-state index is 0.0719. The highest BCUT2D eigenvalue weighted by Gasteiger charge is 2.50. The summed E-state index contributed by atoms with van der Waals surface area (Å²) in [5, 5.41) is 15.2. The molecule has 2 aliphatic heterocycles. The number of aliphatic imine (C=N–C) groups is 1. The van der Waals surface area contributed by atoms with E-state index in [0.29, 0.717) is 23.3 Å². The van der Waals surface area contributed by atoms with Crippen LogP contribution in [0.4, 0.5) is 30.7 Å². The molecule has 2 aromatic rings. The van der Waals surface area contributed by atoms with Gasteiger partial charge in [0.15, 0.2) is 11.5 Å². The first-order chi connectivity index (χ1) is 21.0. The van der Waals surface area contributed by atoms with Gasteiger partial charge in [0.05, 0.1) is 24.2 Å². The Morgan fingerprint density at radius 1 is 1.07 bits per heavy atom. The van der Waals surface area contributed by atoms with E-state index in [1.807, 2.05) is 0 Å². The monoisotopic (exact) mass is 639 g/mol. The SMILES string of the molecule is N=C1CN(C(=O)c2cc(CN3C(=O)C(CCC4CC4)(c4cccc(F)c4)N=C3N)ccc2C(F)(F)F)CCN1C(=N)C(F)(F)F. The van der Waals surface area contributed by atoms with Crippen LogP contribution in [0.3, 0.4) is 0 Å². The van der Waals surface area contributed by atoms with Crippen molar-refractivity contribution in [3.63, 3.8) is 0 Å². The lowest BCUT2D eigenvalue weighted by molar-refractivity contribution is -0.138. The van der Waals surface area contributed by atoms with Gasteiger partial charge in [0.25, 0.3) is 11.8 Å². The molecular formula is C29H28F7N7O2. The van der Waals surface area contributed by atoms with Crippen molar-refractivity contribution in [1.82, 2.24) is 14.7 Å². The molecule has 2 heterocycles. The second-order valence-electron chi connectivity index (χ2n) is 11.3. The van der Waals surface area contributed by atoms with Crippen LogP contribution in [-0.2, 0) is 23.1 Å². The number of carbonyl (C=O) groups excluding carboxylic acids is 2. The lowest BCUT2D eigenvalue weighted by Gasteiger charge is -2.37. The summed E-state index contributed by atoms with van der Waals surface area (Å²) < 4.78 is 95.1. The summed E-state index contributed by atoms with van der Waals surface area (Å²) in [6.07, 6.45) is -7.22. The molecule has 2 fully saturated rings. The maximum atomic E-state index is 14.2. The molecule has 0 radical (unpaired) electrons. The number of halogens is 7. The fraction of sp³-hybridized carbons (Fsp3) is 0.414. The molecule has 1 saturated carbocycles. The van der Waals surface area contributed by atoms with Gasteiger partial charge in [-0.1, -0.05) is 31.0 Å². The van der Waals surface area contributed by atoms with Crippen molar-refractivity contribution < 1.29 is 40.3 Å². The Kier molecular flexibility index (Phi) is 8.12. The van der Waals surface area contributed by atoms with Crippen LogP contribution in [0.15, 0.2) is 47.5 Å². The molecule has 3 aliphatic rings. The van der Waals surface area contributed by atoms with E-state index in [1.54, 1.807) is 6.07 Å². The van der Waals surface area contributed by atoms with Crippen molar-refractivity contribution in [2.75, 3.05) is 19.6 Å². The topological polar surface area (TPSA) is 130 Å². The Morgan fingerprint density at radius 3 is 2.38 bits per heavy atom. The van der Waals surface area contributed by atoms with Crippen molar-refractivity contribution in [2.24, 2.45) is 16.6 Å². The molecule has 2 amide bonds. The first-order valence-electron chi connectivity index (χ1n) is 13.9. The van der Waals surface area contributed by atoms with Crippen LogP contribution >= 0.6 is 0 Å². The zero-order valence-electron chi connectivity index (χ0n) is 23.6. The summed E-state index contributed by atoms with van der Waals surface area (Å²) in [6.45, 7) is -2.25. The van der Waals surface area contributed by atoms with E-state index >= 15 is 0 Å². The first kappa shape index (κ1) is 31.9. The van der Waals surface area contributed by atoms with Crippen molar-refractivity contribution in [1.29, 1.82) is 10.8 Å². The number of piperazine rings is 1. The zero-order chi connectivity index (χ0) is 32.9. The van der Waals surface area contributed by atoms with E-state index in [-0.39, 0.29) is 30.1 Å². The predicted molar refractivity (Wildman–Crippen MR) is 148 cm³/mol. The Labute approximate surface area is 252 Å². The molecule has 240 valence electrons. The van der Waals surface area contributed by atoms with Gasteiger partial charge in [0.1, 0.15) is 11.7 Å². The number of hydrogen-bond donors (Lipinski definition) is 3. The normalized spacial score (nSPS) is 21.0. The quantitative estimate of drug-likeness (QED) is 0.227. The van der Waals surface area contributed by atoms with Crippen LogP contribution < -0.4 is 5.73 Å². The van der Waals surface area contributed by atoms with Gasteiger partial charge >= 0.3 is 12.4 Å². The lowest BCUT2D eigenvalue weighted by atomic mass is 9.84. The number of carbonyl (C=O) groups is 2. The standard InChI is InChI=1S/C29H28F7N7O2/c30-19-3-1-2-18(13-19)27(9-8-16-4-5-16)25(45)43(26(39)40-27)14-17-6-7-21(28(31,32)33)20(12-17)23(44)41-10-11-42(22(37)15-41)24(38)29(34,35)36/h1-3,6-7,12-13,16,37-38H,4-5,8-11,14-15H2,(H2,39,40). The smallest absolute Gasteiger partial charge is 0.369 e.